The van der Waals surface area contributed by atoms with Crippen LogP contribution < -0.4 is 5.32 Å². The Bertz CT molecular complexity index is 787. The highest BCUT2D eigenvalue weighted by Crippen LogP contribution is 2.29. The zero-order valence-corrected chi connectivity index (χ0v) is 14.6. The van der Waals surface area contributed by atoms with E-state index in [0.29, 0.717) is 12.0 Å². The molecule has 0 fully saturated rings. The molecule has 2 atom stereocenters. The molecule has 1 heteroatoms. The number of hydrogen-bond donors (Lipinski definition) is 1. The molecule has 0 aliphatic heterocycles. The largest absolute Gasteiger partial charge is 0.378 e. The average molecular weight is 327 g/mol. The van der Waals surface area contributed by atoms with Crippen LogP contribution in [0.1, 0.15) is 31.2 Å². The van der Waals surface area contributed by atoms with Crippen LogP contribution >= 0.6 is 0 Å². The third kappa shape index (κ3) is 3.76. The van der Waals surface area contributed by atoms with Gasteiger partial charge in [0.1, 0.15) is 0 Å². The van der Waals surface area contributed by atoms with Gasteiger partial charge in [0.2, 0.25) is 0 Å². The summed E-state index contributed by atoms with van der Waals surface area (Å²) in [5.41, 5.74) is 5.38. The minimum Gasteiger partial charge on any atom is -0.378 e. The van der Waals surface area contributed by atoms with Crippen molar-refractivity contribution in [2.45, 2.75) is 31.7 Å². The highest BCUT2D eigenvalue weighted by atomic mass is 14.9. The number of allylic oxidation sites excluding steroid dienone is 9. The second-order valence-electron chi connectivity index (χ2n) is 6.88. The molecule has 0 radical (unpaired) electrons. The number of benzene rings is 1. The van der Waals surface area contributed by atoms with Gasteiger partial charge in [-0.05, 0) is 36.8 Å². The van der Waals surface area contributed by atoms with E-state index in [4.69, 9.17) is 0 Å². The lowest BCUT2D eigenvalue weighted by molar-refractivity contribution is 0.663. The highest BCUT2D eigenvalue weighted by Gasteiger charge is 2.17. The molecule has 0 bridgehead atoms. The Hall–Kier alpha value is -2.54. The Morgan fingerprint density at radius 1 is 0.840 bits per heavy atom. The Balaban J connectivity index is 1.43. The van der Waals surface area contributed by atoms with Gasteiger partial charge in [0.25, 0.3) is 0 Å². The number of hydrogen-bond acceptors (Lipinski definition) is 1. The molecule has 3 aliphatic rings. The van der Waals surface area contributed by atoms with Crippen LogP contribution in [-0.2, 0) is 0 Å². The molecule has 3 aliphatic carbocycles. The molecule has 0 heterocycles. The summed E-state index contributed by atoms with van der Waals surface area (Å²) >= 11 is 0. The van der Waals surface area contributed by atoms with Crippen molar-refractivity contribution in [3.63, 3.8) is 0 Å². The monoisotopic (exact) mass is 327 g/mol. The SMILES string of the molecule is C1=CCC(C2=CCC(NC3=CCCC=C3c3ccccc3)C=C2)C=C1. The molecule has 0 amide bonds. The molecule has 4 rings (SSSR count). The van der Waals surface area contributed by atoms with Crippen molar-refractivity contribution < 1.29 is 0 Å². The lowest BCUT2D eigenvalue weighted by atomic mass is 9.87. The maximum absolute atomic E-state index is 3.76. The van der Waals surface area contributed by atoms with Crippen molar-refractivity contribution in [3.05, 3.63) is 102 Å². The first-order valence-corrected chi connectivity index (χ1v) is 9.34. The summed E-state index contributed by atoms with van der Waals surface area (Å²) in [5, 5.41) is 3.76. The van der Waals surface area contributed by atoms with Gasteiger partial charge in [-0.15, -0.1) is 0 Å². The lowest BCUT2D eigenvalue weighted by Gasteiger charge is -2.26. The van der Waals surface area contributed by atoms with Crippen LogP contribution in [-0.4, -0.2) is 6.04 Å². The predicted molar refractivity (Wildman–Crippen MR) is 107 cm³/mol. The van der Waals surface area contributed by atoms with Crippen molar-refractivity contribution in [2.75, 3.05) is 0 Å². The average Bonchev–Trinajstić information content (AvgIpc) is 2.70. The van der Waals surface area contributed by atoms with E-state index in [2.05, 4.69) is 90.3 Å². The van der Waals surface area contributed by atoms with E-state index < -0.39 is 0 Å². The van der Waals surface area contributed by atoms with E-state index in [0.717, 1.165) is 25.7 Å². The van der Waals surface area contributed by atoms with Gasteiger partial charge in [-0.25, -0.2) is 0 Å². The number of rotatable bonds is 4. The summed E-state index contributed by atoms with van der Waals surface area (Å²) in [6, 6.07) is 11.1. The Morgan fingerprint density at radius 3 is 2.48 bits per heavy atom. The molecular weight excluding hydrogens is 302 g/mol. The van der Waals surface area contributed by atoms with Crippen LogP contribution in [0.4, 0.5) is 0 Å². The van der Waals surface area contributed by atoms with Gasteiger partial charge in [0.05, 0.1) is 0 Å². The third-order valence-corrected chi connectivity index (χ3v) is 5.12. The van der Waals surface area contributed by atoms with Crippen LogP contribution in [0.2, 0.25) is 0 Å². The van der Waals surface area contributed by atoms with Crippen molar-refractivity contribution in [1.29, 1.82) is 0 Å². The van der Waals surface area contributed by atoms with Gasteiger partial charge in [-0.1, -0.05) is 85.0 Å². The normalized spacial score (nSPS) is 25.2. The first-order valence-electron chi connectivity index (χ1n) is 9.34. The van der Waals surface area contributed by atoms with E-state index in [1.54, 1.807) is 0 Å². The van der Waals surface area contributed by atoms with Crippen molar-refractivity contribution in [2.24, 2.45) is 5.92 Å². The fourth-order valence-corrected chi connectivity index (χ4v) is 3.75. The third-order valence-electron chi connectivity index (χ3n) is 5.12. The van der Waals surface area contributed by atoms with E-state index >= 15 is 0 Å². The van der Waals surface area contributed by atoms with Gasteiger partial charge in [0.15, 0.2) is 0 Å². The van der Waals surface area contributed by atoms with E-state index in [9.17, 15) is 0 Å². The standard InChI is InChI=1S/C24H25N/c1-3-9-19(10-4-1)20-15-17-22(18-16-20)25-24-14-8-7-13-23(24)21-11-5-2-6-12-21/h1-6,9,11-17,19,22,25H,7-8,10,18H2. The summed E-state index contributed by atoms with van der Waals surface area (Å²) in [6.07, 6.45) is 25.1. The first kappa shape index (κ1) is 16.0. The molecular formula is C24H25N. The van der Waals surface area contributed by atoms with Crippen LogP contribution in [0.5, 0.6) is 0 Å². The fourth-order valence-electron chi connectivity index (χ4n) is 3.75. The lowest BCUT2D eigenvalue weighted by Crippen LogP contribution is -2.29. The van der Waals surface area contributed by atoms with Crippen LogP contribution in [0.25, 0.3) is 5.57 Å². The first-order chi connectivity index (χ1) is 12.4. The van der Waals surface area contributed by atoms with E-state index in [-0.39, 0.29) is 0 Å². The van der Waals surface area contributed by atoms with E-state index in [1.165, 1.54) is 22.4 Å². The summed E-state index contributed by atoms with van der Waals surface area (Å²) < 4.78 is 0. The van der Waals surface area contributed by atoms with Gasteiger partial charge in [-0.3, -0.25) is 0 Å². The van der Waals surface area contributed by atoms with E-state index in [1.807, 2.05) is 0 Å². The van der Waals surface area contributed by atoms with Gasteiger partial charge in [-0.2, -0.15) is 0 Å². The number of nitrogens with one attached hydrogen (secondary N) is 1. The van der Waals surface area contributed by atoms with Gasteiger partial charge < -0.3 is 5.32 Å². The summed E-state index contributed by atoms with van der Waals surface area (Å²) in [4.78, 5) is 0. The summed E-state index contributed by atoms with van der Waals surface area (Å²) in [7, 11) is 0. The smallest absolute Gasteiger partial charge is 0.0482 e. The molecule has 0 aromatic heterocycles. The Labute approximate surface area is 150 Å². The summed E-state index contributed by atoms with van der Waals surface area (Å²) in [6.45, 7) is 0. The van der Waals surface area contributed by atoms with Crippen LogP contribution in [0.15, 0.2) is 96.3 Å². The second-order valence-corrected chi connectivity index (χ2v) is 6.88. The zero-order chi connectivity index (χ0) is 16.9. The molecule has 126 valence electrons. The maximum Gasteiger partial charge on any atom is 0.0482 e. The quantitative estimate of drug-likeness (QED) is 0.745. The molecule has 2 unspecified atom stereocenters. The fraction of sp³-hybridized carbons (Fsp3) is 0.250. The second kappa shape index (κ2) is 7.57. The maximum atomic E-state index is 3.76. The molecule has 0 saturated heterocycles. The molecule has 25 heavy (non-hydrogen) atoms. The Morgan fingerprint density at radius 2 is 1.72 bits per heavy atom. The van der Waals surface area contributed by atoms with Gasteiger partial charge in [0, 0.05) is 23.2 Å². The topological polar surface area (TPSA) is 12.0 Å². The van der Waals surface area contributed by atoms with Crippen molar-refractivity contribution in [3.8, 4) is 0 Å². The van der Waals surface area contributed by atoms with Crippen molar-refractivity contribution in [1.82, 2.24) is 5.32 Å². The molecule has 1 aromatic rings. The van der Waals surface area contributed by atoms with Crippen LogP contribution in [0.3, 0.4) is 0 Å². The predicted octanol–water partition coefficient (Wildman–Crippen LogP) is 5.72. The van der Waals surface area contributed by atoms with Crippen LogP contribution in [0, 0.1) is 5.92 Å². The molecule has 1 N–H and O–H groups in total. The zero-order valence-electron chi connectivity index (χ0n) is 14.6. The molecule has 1 nitrogen and oxygen atoms in total. The Kier molecular flexibility index (Phi) is 4.83. The van der Waals surface area contributed by atoms with Crippen molar-refractivity contribution >= 4 is 5.57 Å². The molecule has 1 aromatic carbocycles. The highest BCUT2D eigenvalue weighted by molar-refractivity contribution is 5.79. The molecule has 0 saturated carbocycles. The molecule has 0 spiro atoms. The minimum atomic E-state index is 0.378. The summed E-state index contributed by atoms with van der Waals surface area (Å²) in [5.74, 6) is 0.552. The van der Waals surface area contributed by atoms with Gasteiger partial charge >= 0.3 is 0 Å². The minimum absolute atomic E-state index is 0.378.